The number of halogens is 1. The number of rotatable bonds is 6. The maximum absolute atomic E-state index is 5.98. The molecule has 0 spiro atoms. The number of piperidine rings is 1. The third-order valence-electron chi connectivity index (χ3n) is 4.58. The van der Waals surface area contributed by atoms with Gasteiger partial charge < -0.3 is 19.9 Å². The molecule has 1 heterocycles. The van der Waals surface area contributed by atoms with Crippen molar-refractivity contribution in [2.24, 2.45) is 11.7 Å². The van der Waals surface area contributed by atoms with Crippen LogP contribution in [0.5, 0.6) is 17.2 Å². The minimum atomic E-state index is 0. The topological polar surface area (TPSA) is 57.0 Å². The normalized spacial score (nSPS) is 21.4. The highest BCUT2D eigenvalue weighted by atomic mass is 35.5. The lowest BCUT2D eigenvalue weighted by Gasteiger charge is -2.39. The van der Waals surface area contributed by atoms with Crippen LogP contribution in [0, 0.1) is 5.92 Å². The molecule has 2 atom stereocenters. The molecular weight excluding hydrogens is 316 g/mol. The number of ether oxygens (including phenoxy) is 3. The highest BCUT2D eigenvalue weighted by Gasteiger charge is 2.27. The van der Waals surface area contributed by atoms with E-state index in [1.54, 1.807) is 21.3 Å². The zero-order chi connectivity index (χ0) is 16.1. The van der Waals surface area contributed by atoms with E-state index in [4.69, 9.17) is 19.9 Å². The lowest BCUT2D eigenvalue weighted by Crippen LogP contribution is -2.48. The summed E-state index contributed by atoms with van der Waals surface area (Å²) in [5.41, 5.74) is 7.14. The molecule has 1 aromatic carbocycles. The van der Waals surface area contributed by atoms with Gasteiger partial charge in [0, 0.05) is 19.1 Å². The summed E-state index contributed by atoms with van der Waals surface area (Å²) in [4.78, 5) is 2.47. The van der Waals surface area contributed by atoms with E-state index >= 15 is 0 Å². The first kappa shape index (κ1) is 19.9. The van der Waals surface area contributed by atoms with Crippen molar-refractivity contribution in [3.05, 3.63) is 17.7 Å². The van der Waals surface area contributed by atoms with Crippen LogP contribution in [0.3, 0.4) is 0 Å². The van der Waals surface area contributed by atoms with Crippen molar-refractivity contribution < 1.29 is 14.2 Å². The first-order chi connectivity index (χ1) is 10.6. The van der Waals surface area contributed by atoms with Crippen molar-refractivity contribution in [2.45, 2.75) is 32.4 Å². The van der Waals surface area contributed by atoms with E-state index in [0.29, 0.717) is 35.8 Å². The Labute approximate surface area is 145 Å². The molecule has 5 nitrogen and oxygen atoms in total. The average molecular weight is 345 g/mol. The summed E-state index contributed by atoms with van der Waals surface area (Å²) >= 11 is 0. The molecule has 1 aliphatic rings. The standard InChI is InChI=1S/C17H28N2O3.ClH/c1-12-6-5-7-19(14(12)10-18)11-13-8-15(20-2)17(22-4)16(9-13)21-3;/h8-9,12,14H,5-7,10-11,18H2,1-4H3;1H. The Bertz CT molecular complexity index is 474. The summed E-state index contributed by atoms with van der Waals surface area (Å²) in [7, 11) is 4.91. The minimum absolute atomic E-state index is 0. The first-order valence-electron chi connectivity index (χ1n) is 7.87. The van der Waals surface area contributed by atoms with Crippen LogP contribution < -0.4 is 19.9 Å². The number of methoxy groups -OCH3 is 3. The van der Waals surface area contributed by atoms with Gasteiger partial charge >= 0.3 is 0 Å². The summed E-state index contributed by atoms with van der Waals surface area (Å²) in [5, 5.41) is 0. The van der Waals surface area contributed by atoms with E-state index in [9.17, 15) is 0 Å². The quantitative estimate of drug-likeness (QED) is 0.859. The second-order valence-corrected chi connectivity index (χ2v) is 5.93. The number of hydrogen-bond donors (Lipinski definition) is 1. The van der Waals surface area contributed by atoms with Crippen molar-refractivity contribution in [1.29, 1.82) is 0 Å². The molecule has 23 heavy (non-hydrogen) atoms. The molecule has 2 N–H and O–H groups in total. The molecule has 0 aromatic heterocycles. The molecule has 1 saturated heterocycles. The zero-order valence-electron chi connectivity index (χ0n) is 14.5. The van der Waals surface area contributed by atoms with E-state index < -0.39 is 0 Å². The van der Waals surface area contributed by atoms with Crippen LogP contribution in [-0.2, 0) is 6.54 Å². The van der Waals surface area contributed by atoms with E-state index in [1.165, 1.54) is 12.8 Å². The highest BCUT2D eigenvalue weighted by molar-refractivity contribution is 5.85. The Hall–Kier alpha value is -1.17. The van der Waals surface area contributed by atoms with Crippen LogP contribution in [0.15, 0.2) is 12.1 Å². The Morgan fingerprint density at radius 2 is 1.74 bits per heavy atom. The van der Waals surface area contributed by atoms with Crippen LogP contribution in [0.4, 0.5) is 0 Å². The van der Waals surface area contributed by atoms with Crippen LogP contribution in [-0.4, -0.2) is 45.4 Å². The number of benzene rings is 1. The summed E-state index contributed by atoms with van der Waals surface area (Å²) < 4.78 is 16.2. The molecule has 0 radical (unpaired) electrons. The van der Waals surface area contributed by atoms with Gasteiger partial charge in [0.2, 0.25) is 5.75 Å². The van der Waals surface area contributed by atoms with Crippen molar-refractivity contribution in [3.8, 4) is 17.2 Å². The number of likely N-dealkylation sites (tertiary alicyclic amines) is 1. The monoisotopic (exact) mass is 344 g/mol. The van der Waals surface area contributed by atoms with Gasteiger partial charge in [-0.2, -0.15) is 0 Å². The summed E-state index contributed by atoms with van der Waals surface area (Å²) in [6.45, 7) is 4.93. The largest absolute Gasteiger partial charge is 0.493 e. The predicted octanol–water partition coefficient (Wildman–Crippen LogP) is 2.69. The number of hydrogen-bond acceptors (Lipinski definition) is 5. The van der Waals surface area contributed by atoms with Crippen molar-refractivity contribution in [3.63, 3.8) is 0 Å². The molecule has 0 bridgehead atoms. The third-order valence-corrected chi connectivity index (χ3v) is 4.58. The van der Waals surface area contributed by atoms with E-state index in [2.05, 4.69) is 11.8 Å². The van der Waals surface area contributed by atoms with Crippen LogP contribution in [0.25, 0.3) is 0 Å². The molecule has 1 aliphatic heterocycles. The first-order valence-corrected chi connectivity index (χ1v) is 7.87. The van der Waals surface area contributed by atoms with Crippen LogP contribution in [0.1, 0.15) is 25.3 Å². The van der Waals surface area contributed by atoms with Crippen molar-refractivity contribution in [2.75, 3.05) is 34.4 Å². The van der Waals surface area contributed by atoms with Gasteiger partial charge in [-0.05, 0) is 43.0 Å². The van der Waals surface area contributed by atoms with Gasteiger partial charge in [-0.1, -0.05) is 6.92 Å². The maximum atomic E-state index is 5.98. The van der Waals surface area contributed by atoms with Gasteiger partial charge in [0.1, 0.15) is 0 Å². The predicted molar refractivity (Wildman–Crippen MR) is 95.0 cm³/mol. The van der Waals surface area contributed by atoms with Gasteiger partial charge in [0.25, 0.3) is 0 Å². The summed E-state index contributed by atoms with van der Waals surface area (Å²) in [5.74, 6) is 2.68. The minimum Gasteiger partial charge on any atom is -0.493 e. The lowest BCUT2D eigenvalue weighted by atomic mass is 9.90. The SMILES string of the molecule is COc1cc(CN2CCCC(C)C2CN)cc(OC)c1OC.Cl. The third kappa shape index (κ3) is 4.43. The Balaban J connectivity index is 0.00000264. The average Bonchev–Trinajstić information content (AvgIpc) is 2.54. The molecule has 2 rings (SSSR count). The van der Waals surface area contributed by atoms with E-state index in [0.717, 1.165) is 18.7 Å². The molecule has 0 saturated carbocycles. The van der Waals surface area contributed by atoms with Crippen LogP contribution in [0.2, 0.25) is 0 Å². The Morgan fingerprint density at radius 1 is 1.13 bits per heavy atom. The van der Waals surface area contributed by atoms with Gasteiger partial charge in [-0.15, -0.1) is 12.4 Å². The molecule has 1 aromatic rings. The molecule has 132 valence electrons. The zero-order valence-corrected chi connectivity index (χ0v) is 15.3. The fourth-order valence-corrected chi connectivity index (χ4v) is 3.37. The maximum Gasteiger partial charge on any atom is 0.203 e. The summed E-state index contributed by atoms with van der Waals surface area (Å²) in [6.07, 6.45) is 2.48. The molecular formula is C17H29ClN2O3. The van der Waals surface area contributed by atoms with E-state index in [-0.39, 0.29) is 12.4 Å². The fraction of sp³-hybridized carbons (Fsp3) is 0.647. The van der Waals surface area contributed by atoms with Crippen molar-refractivity contribution in [1.82, 2.24) is 4.90 Å². The van der Waals surface area contributed by atoms with Gasteiger partial charge in [-0.3, -0.25) is 4.90 Å². The molecule has 2 unspecified atom stereocenters. The summed E-state index contributed by atoms with van der Waals surface area (Å²) in [6, 6.07) is 4.48. The molecule has 1 fully saturated rings. The van der Waals surface area contributed by atoms with Gasteiger partial charge in [0.15, 0.2) is 11.5 Å². The number of nitrogens with two attached hydrogens (primary N) is 1. The molecule has 0 aliphatic carbocycles. The Kier molecular flexibility index (Phi) is 7.95. The van der Waals surface area contributed by atoms with Crippen LogP contribution >= 0.6 is 12.4 Å². The number of nitrogens with zero attached hydrogens (tertiary/aromatic N) is 1. The second kappa shape index (κ2) is 9.21. The smallest absolute Gasteiger partial charge is 0.203 e. The Morgan fingerprint density at radius 3 is 2.22 bits per heavy atom. The van der Waals surface area contributed by atoms with Crippen molar-refractivity contribution >= 4 is 12.4 Å². The van der Waals surface area contributed by atoms with E-state index in [1.807, 2.05) is 12.1 Å². The molecule has 6 heteroatoms. The lowest BCUT2D eigenvalue weighted by molar-refractivity contribution is 0.0989. The fourth-order valence-electron chi connectivity index (χ4n) is 3.37. The second-order valence-electron chi connectivity index (χ2n) is 5.93. The van der Waals surface area contributed by atoms with Gasteiger partial charge in [0.05, 0.1) is 21.3 Å². The van der Waals surface area contributed by atoms with Gasteiger partial charge in [-0.25, -0.2) is 0 Å². The molecule has 0 amide bonds. The highest BCUT2D eigenvalue weighted by Crippen LogP contribution is 2.39.